The number of Topliss-reactive ketones (excluding diaryl/α,β-unsaturated/α-hetero) is 1. The number of benzene rings is 2. The van der Waals surface area contributed by atoms with Crippen molar-refractivity contribution in [2.45, 2.75) is 19.4 Å². The molecule has 3 rings (SSSR count). The lowest BCUT2D eigenvalue weighted by molar-refractivity contribution is -0.139. The molecule has 1 saturated heterocycles. The molecule has 1 fully saturated rings. The zero-order chi connectivity index (χ0) is 23.3. The molecular weight excluding hydrogens is 408 g/mol. The molecule has 1 N–H and O–H groups in total. The van der Waals surface area contributed by atoms with Crippen LogP contribution >= 0.6 is 0 Å². The lowest BCUT2D eigenvalue weighted by Gasteiger charge is -2.26. The van der Waals surface area contributed by atoms with Crippen molar-refractivity contribution in [3.63, 3.8) is 0 Å². The number of hydrogen-bond donors (Lipinski definition) is 1. The van der Waals surface area contributed by atoms with E-state index in [9.17, 15) is 14.7 Å². The van der Waals surface area contributed by atoms with E-state index < -0.39 is 17.7 Å². The van der Waals surface area contributed by atoms with Gasteiger partial charge >= 0.3 is 0 Å². The summed E-state index contributed by atoms with van der Waals surface area (Å²) in [6, 6.07) is 13.4. The largest absolute Gasteiger partial charge is 0.507 e. The summed E-state index contributed by atoms with van der Waals surface area (Å²) in [5.74, 6) is -0.252. The van der Waals surface area contributed by atoms with Crippen molar-refractivity contribution >= 4 is 17.4 Å². The van der Waals surface area contributed by atoms with Crippen LogP contribution in [0.1, 0.15) is 30.5 Å². The number of hydrogen-bond acceptors (Lipinski definition) is 6. The number of carbonyl (C=O) groups is 2. The molecule has 1 heterocycles. The Hall–Kier alpha value is -3.32. The van der Waals surface area contributed by atoms with Gasteiger partial charge in [0.1, 0.15) is 17.3 Å². The Bertz CT molecular complexity index is 998. The number of aliphatic hydroxyl groups is 1. The van der Waals surface area contributed by atoms with Crippen LogP contribution < -0.4 is 9.47 Å². The number of methoxy groups -OCH3 is 1. The summed E-state index contributed by atoms with van der Waals surface area (Å²) in [4.78, 5) is 29.6. The van der Waals surface area contributed by atoms with E-state index in [0.717, 1.165) is 12.1 Å². The highest BCUT2D eigenvalue weighted by molar-refractivity contribution is 6.46. The SMILES string of the molecule is CCOc1ccc([C@@H]2C(=C(O)c3cccc(OC)c3)C(=O)C(=O)N2CCCN(C)C)cc1. The molecular formula is C25H30N2O5. The van der Waals surface area contributed by atoms with Gasteiger partial charge in [0, 0.05) is 12.1 Å². The Morgan fingerprint density at radius 1 is 1.09 bits per heavy atom. The summed E-state index contributed by atoms with van der Waals surface area (Å²) in [7, 11) is 5.45. The molecule has 0 aromatic heterocycles. The molecule has 0 radical (unpaired) electrons. The van der Waals surface area contributed by atoms with E-state index in [1.165, 1.54) is 7.11 Å². The molecule has 0 spiro atoms. The van der Waals surface area contributed by atoms with Crippen molar-refractivity contribution < 1.29 is 24.2 Å². The van der Waals surface area contributed by atoms with E-state index in [1.807, 2.05) is 50.2 Å². The molecule has 1 aliphatic heterocycles. The smallest absolute Gasteiger partial charge is 0.295 e. The van der Waals surface area contributed by atoms with Crippen LogP contribution in [0.25, 0.3) is 5.76 Å². The fourth-order valence-electron chi connectivity index (χ4n) is 3.85. The van der Waals surface area contributed by atoms with Crippen molar-refractivity contribution in [3.8, 4) is 11.5 Å². The van der Waals surface area contributed by atoms with E-state index in [-0.39, 0.29) is 11.3 Å². The molecule has 2 aromatic rings. The topological polar surface area (TPSA) is 79.3 Å². The first-order chi connectivity index (χ1) is 15.4. The van der Waals surface area contributed by atoms with Crippen LogP contribution in [0.2, 0.25) is 0 Å². The average molecular weight is 439 g/mol. The highest BCUT2D eigenvalue weighted by atomic mass is 16.5. The Kier molecular flexibility index (Phi) is 7.53. The number of nitrogens with zero attached hydrogens (tertiary/aromatic N) is 2. The first-order valence-electron chi connectivity index (χ1n) is 10.7. The molecule has 170 valence electrons. The molecule has 0 saturated carbocycles. The predicted octanol–water partition coefficient (Wildman–Crippen LogP) is 3.47. The maximum absolute atomic E-state index is 13.1. The van der Waals surface area contributed by atoms with Crippen LogP contribution in [-0.4, -0.2) is 67.5 Å². The van der Waals surface area contributed by atoms with Gasteiger partial charge in [-0.25, -0.2) is 0 Å². The lowest BCUT2D eigenvalue weighted by Crippen LogP contribution is -2.32. The van der Waals surface area contributed by atoms with Gasteiger partial charge in [0.05, 0.1) is 25.3 Å². The molecule has 0 aliphatic carbocycles. The Morgan fingerprint density at radius 2 is 1.81 bits per heavy atom. The van der Waals surface area contributed by atoms with Crippen molar-refractivity contribution in [2.75, 3.05) is 40.9 Å². The number of carbonyl (C=O) groups excluding carboxylic acids is 2. The fraction of sp³-hybridized carbons (Fsp3) is 0.360. The van der Waals surface area contributed by atoms with Crippen LogP contribution in [0.15, 0.2) is 54.1 Å². The van der Waals surface area contributed by atoms with Gasteiger partial charge in [0.15, 0.2) is 0 Å². The van der Waals surface area contributed by atoms with Gasteiger partial charge in [-0.15, -0.1) is 0 Å². The van der Waals surface area contributed by atoms with E-state index in [4.69, 9.17) is 9.47 Å². The average Bonchev–Trinajstić information content (AvgIpc) is 3.04. The van der Waals surface area contributed by atoms with Crippen LogP contribution in [0, 0.1) is 0 Å². The summed E-state index contributed by atoms with van der Waals surface area (Å²) < 4.78 is 10.8. The molecule has 32 heavy (non-hydrogen) atoms. The number of amides is 1. The van der Waals surface area contributed by atoms with Gasteiger partial charge in [-0.1, -0.05) is 24.3 Å². The maximum Gasteiger partial charge on any atom is 0.295 e. The quantitative estimate of drug-likeness (QED) is 0.367. The lowest BCUT2D eigenvalue weighted by atomic mass is 9.95. The van der Waals surface area contributed by atoms with Crippen LogP contribution in [0.4, 0.5) is 0 Å². The molecule has 7 nitrogen and oxygen atoms in total. The van der Waals surface area contributed by atoms with Gasteiger partial charge in [-0.05, 0) is 63.8 Å². The molecule has 1 amide bonds. The van der Waals surface area contributed by atoms with Crippen molar-refractivity contribution in [3.05, 3.63) is 65.2 Å². The highest BCUT2D eigenvalue weighted by Gasteiger charge is 2.45. The Morgan fingerprint density at radius 3 is 2.44 bits per heavy atom. The van der Waals surface area contributed by atoms with Gasteiger partial charge in [-0.2, -0.15) is 0 Å². The van der Waals surface area contributed by atoms with Crippen molar-refractivity contribution in [2.24, 2.45) is 0 Å². The molecule has 7 heteroatoms. The minimum absolute atomic E-state index is 0.0808. The molecule has 0 bridgehead atoms. The molecule has 2 aromatic carbocycles. The third kappa shape index (κ3) is 4.94. The first-order valence-corrected chi connectivity index (χ1v) is 10.7. The first kappa shape index (κ1) is 23.3. The molecule has 1 atom stereocenters. The minimum Gasteiger partial charge on any atom is -0.507 e. The third-order valence-electron chi connectivity index (χ3n) is 5.39. The number of ketones is 1. The number of likely N-dealkylation sites (tertiary alicyclic amines) is 1. The second-order valence-electron chi connectivity index (χ2n) is 7.88. The second kappa shape index (κ2) is 10.3. The van der Waals surface area contributed by atoms with E-state index >= 15 is 0 Å². The maximum atomic E-state index is 13.1. The summed E-state index contributed by atoms with van der Waals surface area (Å²) >= 11 is 0. The monoisotopic (exact) mass is 438 g/mol. The molecule has 0 unspecified atom stereocenters. The van der Waals surface area contributed by atoms with Crippen LogP contribution in [0.5, 0.6) is 11.5 Å². The van der Waals surface area contributed by atoms with E-state index in [0.29, 0.717) is 36.6 Å². The van der Waals surface area contributed by atoms with Crippen LogP contribution in [0.3, 0.4) is 0 Å². The minimum atomic E-state index is -0.686. The Balaban J connectivity index is 2.07. The van der Waals surface area contributed by atoms with Gasteiger partial charge in [-0.3, -0.25) is 9.59 Å². The number of ether oxygens (including phenoxy) is 2. The van der Waals surface area contributed by atoms with Crippen LogP contribution in [-0.2, 0) is 9.59 Å². The number of aliphatic hydroxyl groups excluding tert-OH is 1. The van der Waals surface area contributed by atoms with Crippen molar-refractivity contribution in [1.82, 2.24) is 9.80 Å². The highest BCUT2D eigenvalue weighted by Crippen LogP contribution is 2.40. The van der Waals surface area contributed by atoms with Gasteiger partial charge in [0.2, 0.25) is 0 Å². The normalized spacial score (nSPS) is 17.8. The summed E-state index contributed by atoms with van der Waals surface area (Å²) in [6.45, 7) is 3.62. The summed E-state index contributed by atoms with van der Waals surface area (Å²) in [5, 5.41) is 11.1. The summed E-state index contributed by atoms with van der Waals surface area (Å²) in [5.41, 5.74) is 1.24. The van der Waals surface area contributed by atoms with Gasteiger partial charge in [0.25, 0.3) is 11.7 Å². The zero-order valence-electron chi connectivity index (χ0n) is 19.0. The second-order valence-corrected chi connectivity index (χ2v) is 7.88. The standard InChI is InChI=1S/C25H30N2O5/c1-5-32-19-12-10-17(11-13-19)22-21(23(28)18-8-6-9-20(16-18)31-4)24(29)25(30)27(22)15-7-14-26(2)3/h6,8-13,16,22,28H,5,7,14-15H2,1-4H3/t22-/m1/s1. The van der Waals surface area contributed by atoms with E-state index in [2.05, 4.69) is 0 Å². The number of rotatable bonds is 9. The zero-order valence-corrected chi connectivity index (χ0v) is 19.0. The summed E-state index contributed by atoms with van der Waals surface area (Å²) in [6.07, 6.45) is 0.701. The Labute approximate surface area is 188 Å². The van der Waals surface area contributed by atoms with Gasteiger partial charge < -0.3 is 24.4 Å². The fourth-order valence-corrected chi connectivity index (χ4v) is 3.85. The molecule has 1 aliphatic rings. The van der Waals surface area contributed by atoms with E-state index in [1.54, 1.807) is 29.2 Å². The predicted molar refractivity (Wildman–Crippen MR) is 123 cm³/mol. The van der Waals surface area contributed by atoms with Crippen molar-refractivity contribution in [1.29, 1.82) is 0 Å². The third-order valence-corrected chi connectivity index (χ3v) is 5.39.